The van der Waals surface area contributed by atoms with Crippen molar-refractivity contribution in [3.05, 3.63) is 24.3 Å². The summed E-state index contributed by atoms with van der Waals surface area (Å²) in [5.41, 5.74) is -4.22. The number of morpholine rings is 1. The fourth-order valence-corrected chi connectivity index (χ4v) is 2.58. The smallest absolute Gasteiger partial charge is 0.378 e. The topological polar surface area (TPSA) is 50.4 Å². The van der Waals surface area contributed by atoms with Crippen molar-refractivity contribution in [3.8, 4) is 0 Å². The first-order chi connectivity index (χ1) is 9.94. The predicted octanol–water partition coefficient (Wildman–Crippen LogP) is 2.62. The lowest BCUT2D eigenvalue weighted by molar-refractivity contribution is -0.117. The van der Waals surface area contributed by atoms with Crippen molar-refractivity contribution >= 4 is 23.4 Å². The van der Waals surface area contributed by atoms with Gasteiger partial charge >= 0.3 is 5.51 Å². The summed E-state index contributed by atoms with van der Waals surface area (Å²) in [5, 5.41) is 5.64. The zero-order chi connectivity index (χ0) is 15.3. The third-order valence-electron chi connectivity index (χ3n) is 2.82. The number of anilines is 1. The zero-order valence-corrected chi connectivity index (χ0v) is 11.9. The molecule has 1 atom stereocenters. The van der Waals surface area contributed by atoms with Gasteiger partial charge in [-0.1, -0.05) is 12.1 Å². The molecule has 1 saturated heterocycles. The van der Waals surface area contributed by atoms with Crippen LogP contribution in [0.1, 0.15) is 6.42 Å². The zero-order valence-electron chi connectivity index (χ0n) is 11.1. The molecule has 1 aromatic carbocycles. The van der Waals surface area contributed by atoms with Crippen LogP contribution in [-0.2, 0) is 9.53 Å². The number of benzene rings is 1. The number of alkyl halides is 3. The number of rotatable bonds is 4. The van der Waals surface area contributed by atoms with E-state index in [-0.39, 0.29) is 40.7 Å². The molecule has 1 aliphatic rings. The van der Waals surface area contributed by atoms with Crippen LogP contribution in [0, 0.1) is 0 Å². The van der Waals surface area contributed by atoms with Crippen molar-refractivity contribution in [1.29, 1.82) is 0 Å². The summed E-state index contributed by atoms with van der Waals surface area (Å²) in [6.07, 6.45) is 0.158. The maximum atomic E-state index is 12.5. The first-order valence-corrected chi connectivity index (χ1v) is 7.21. The number of carbonyl (C=O) groups is 1. The third-order valence-corrected chi connectivity index (χ3v) is 3.62. The monoisotopic (exact) mass is 320 g/mol. The second kappa shape index (κ2) is 7.15. The van der Waals surface area contributed by atoms with E-state index in [1.807, 2.05) is 0 Å². The van der Waals surface area contributed by atoms with E-state index < -0.39 is 5.51 Å². The molecule has 4 nitrogen and oxygen atoms in total. The average Bonchev–Trinajstić information content (AvgIpc) is 2.40. The SMILES string of the molecule is O=C(CC1COCCN1)Nc1ccccc1SC(F)(F)F. The summed E-state index contributed by atoms with van der Waals surface area (Å²) in [7, 11) is 0. The number of hydrogen-bond acceptors (Lipinski definition) is 4. The van der Waals surface area contributed by atoms with Crippen LogP contribution in [0.3, 0.4) is 0 Å². The van der Waals surface area contributed by atoms with Gasteiger partial charge in [-0.2, -0.15) is 13.2 Å². The fourth-order valence-electron chi connectivity index (χ4n) is 1.96. The molecule has 1 heterocycles. The van der Waals surface area contributed by atoms with Crippen molar-refractivity contribution in [1.82, 2.24) is 5.32 Å². The highest BCUT2D eigenvalue weighted by atomic mass is 32.2. The van der Waals surface area contributed by atoms with Crippen molar-refractivity contribution in [2.45, 2.75) is 22.9 Å². The van der Waals surface area contributed by atoms with E-state index in [1.165, 1.54) is 18.2 Å². The summed E-state index contributed by atoms with van der Waals surface area (Å²) in [5.74, 6) is -0.340. The van der Waals surface area contributed by atoms with Crippen LogP contribution in [-0.4, -0.2) is 37.2 Å². The lowest BCUT2D eigenvalue weighted by Crippen LogP contribution is -2.43. The standard InChI is InChI=1S/C13H15F3N2O2S/c14-13(15,16)21-11-4-2-1-3-10(11)18-12(19)7-9-8-20-6-5-17-9/h1-4,9,17H,5-8H2,(H,18,19). The summed E-state index contributed by atoms with van der Waals surface area (Å²) >= 11 is -0.240. The minimum absolute atomic E-state index is 0.0220. The Bertz CT molecular complexity index is 491. The minimum atomic E-state index is -4.39. The van der Waals surface area contributed by atoms with E-state index in [9.17, 15) is 18.0 Å². The molecule has 1 amide bonds. The molecule has 0 aromatic heterocycles. The first kappa shape index (κ1) is 16.1. The molecule has 0 bridgehead atoms. The van der Waals surface area contributed by atoms with E-state index in [0.29, 0.717) is 19.8 Å². The Balaban J connectivity index is 1.96. The van der Waals surface area contributed by atoms with Gasteiger partial charge in [-0.15, -0.1) is 0 Å². The molecule has 1 unspecified atom stereocenters. The van der Waals surface area contributed by atoms with Crippen LogP contribution in [0.5, 0.6) is 0 Å². The van der Waals surface area contributed by atoms with Gasteiger partial charge in [0, 0.05) is 23.9 Å². The second-order valence-corrected chi connectivity index (χ2v) is 5.63. The molecule has 0 aliphatic carbocycles. The Morgan fingerprint density at radius 3 is 2.86 bits per heavy atom. The Labute approximate surface area is 124 Å². The number of ether oxygens (including phenoxy) is 1. The highest BCUT2D eigenvalue weighted by molar-refractivity contribution is 8.00. The summed E-state index contributed by atoms with van der Waals surface area (Å²) in [6, 6.07) is 5.76. The largest absolute Gasteiger partial charge is 0.446 e. The van der Waals surface area contributed by atoms with Crippen molar-refractivity contribution in [3.63, 3.8) is 0 Å². The van der Waals surface area contributed by atoms with Crippen LogP contribution < -0.4 is 10.6 Å². The molecule has 2 rings (SSSR count). The third kappa shape index (κ3) is 5.56. The first-order valence-electron chi connectivity index (χ1n) is 6.40. The number of para-hydroxylation sites is 1. The number of thioether (sulfide) groups is 1. The maximum Gasteiger partial charge on any atom is 0.446 e. The molecule has 2 N–H and O–H groups in total. The van der Waals surface area contributed by atoms with Gasteiger partial charge in [-0.3, -0.25) is 4.79 Å². The molecular formula is C13H15F3N2O2S. The van der Waals surface area contributed by atoms with Gasteiger partial charge in [-0.25, -0.2) is 0 Å². The van der Waals surface area contributed by atoms with Gasteiger partial charge in [0.2, 0.25) is 5.91 Å². The minimum Gasteiger partial charge on any atom is -0.378 e. The molecule has 8 heteroatoms. The average molecular weight is 320 g/mol. The molecule has 0 spiro atoms. The van der Waals surface area contributed by atoms with Gasteiger partial charge in [-0.05, 0) is 23.9 Å². The van der Waals surface area contributed by atoms with Crippen LogP contribution in [0.15, 0.2) is 29.2 Å². The van der Waals surface area contributed by atoms with Crippen LogP contribution in [0.25, 0.3) is 0 Å². The molecule has 116 valence electrons. The number of amides is 1. The molecule has 21 heavy (non-hydrogen) atoms. The Hall–Kier alpha value is -1.25. The van der Waals surface area contributed by atoms with E-state index in [0.717, 1.165) is 0 Å². The maximum absolute atomic E-state index is 12.5. The van der Waals surface area contributed by atoms with Crippen molar-refractivity contribution in [2.75, 3.05) is 25.1 Å². The van der Waals surface area contributed by atoms with Crippen molar-refractivity contribution in [2.24, 2.45) is 0 Å². The van der Waals surface area contributed by atoms with Crippen molar-refractivity contribution < 1.29 is 22.7 Å². The predicted molar refractivity (Wildman–Crippen MR) is 74.2 cm³/mol. The Kier molecular flexibility index (Phi) is 5.49. The van der Waals surface area contributed by atoms with Gasteiger partial charge < -0.3 is 15.4 Å². The molecular weight excluding hydrogens is 305 g/mol. The number of nitrogens with one attached hydrogen (secondary N) is 2. The number of halogens is 3. The van der Waals surface area contributed by atoms with Gasteiger partial charge in [0.25, 0.3) is 0 Å². The number of hydrogen-bond donors (Lipinski definition) is 2. The molecule has 0 radical (unpaired) electrons. The summed E-state index contributed by atoms with van der Waals surface area (Å²) < 4.78 is 42.6. The Morgan fingerprint density at radius 1 is 1.43 bits per heavy atom. The van der Waals surface area contributed by atoms with Crippen LogP contribution in [0.4, 0.5) is 18.9 Å². The Morgan fingerprint density at radius 2 is 2.19 bits per heavy atom. The lowest BCUT2D eigenvalue weighted by Gasteiger charge is -2.23. The molecule has 1 aliphatic heterocycles. The lowest BCUT2D eigenvalue weighted by atomic mass is 10.2. The molecule has 1 aromatic rings. The second-order valence-electron chi connectivity index (χ2n) is 4.52. The van der Waals surface area contributed by atoms with Gasteiger partial charge in [0.1, 0.15) is 0 Å². The highest BCUT2D eigenvalue weighted by Crippen LogP contribution is 2.40. The van der Waals surface area contributed by atoms with E-state index in [2.05, 4.69) is 10.6 Å². The van der Waals surface area contributed by atoms with Crippen LogP contribution >= 0.6 is 11.8 Å². The quantitative estimate of drug-likeness (QED) is 0.838. The van der Waals surface area contributed by atoms with Gasteiger partial charge in [0.05, 0.1) is 18.9 Å². The fraction of sp³-hybridized carbons (Fsp3) is 0.462. The normalized spacial score (nSPS) is 19.3. The van der Waals surface area contributed by atoms with E-state index in [4.69, 9.17) is 4.74 Å². The summed E-state index contributed by atoms with van der Waals surface area (Å²) in [4.78, 5) is 11.9. The molecule has 0 saturated carbocycles. The van der Waals surface area contributed by atoms with E-state index in [1.54, 1.807) is 6.07 Å². The summed E-state index contributed by atoms with van der Waals surface area (Å²) in [6.45, 7) is 1.69. The van der Waals surface area contributed by atoms with E-state index >= 15 is 0 Å². The molecule has 1 fully saturated rings. The van der Waals surface area contributed by atoms with Gasteiger partial charge in [0.15, 0.2) is 0 Å². The number of carbonyl (C=O) groups excluding carboxylic acids is 1. The highest BCUT2D eigenvalue weighted by Gasteiger charge is 2.30. The van der Waals surface area contributed by atoms with Crippen LogP contribution in [0.2, 0.25) is 0 Å².